The van der Waals surface area contributed by atoms with Crippen molar-refractivity contribution >= 4 is 28.9 Å². The first-order chi connectivity index (χ1) is 11.7. The maximum absolute atomic E-state index is 9.47. The van der Waals surface area contributed by atoms with E-state index >= 15 is 0 Å². The molecule has 24 heavy (non-hydrogen) atoms. The van der Waals surface area contributed by atoms with Crippen molar-refractivity contribution in [3.63, 3.8) is 0 Å². The van der Waals surface area contributed by atoms with Crippen LogP contribution in [-0.4, -0.2) is 11.2 Å². The van der Waals surface area contributed by atoms with Crippen molar-refractivity contribution in [1.29, 1.82) is 5.26 Å². The van der Waals surface area contributed by atoms with Gasteiger partial charge in [0.25, 0.3) is 0 Å². The quantitative estimate of drug-likeness (QED) is 0.586. The molecule has 2 aromatic heterocycles. The zero-order valence-electron chi connectivity index (χ0n) is 13.5. The van der Waals surface area contributed by atoms with Gasteiger partial charge in [-0.15, -0.1) is 22.7 Å². The topological polar surface area (TPSA) is 49.0 Å². The Morgan fingerprint density at radius 2 is 1.96 bits per heavy atom. The highest BCUT2D eigenvalue weighted by molar-refractivity contribution is 7.10. The minimum absolute atomic E-state index is 0.0810. The normalized spacial score (nSPS) is 13.7. The molecular formula is C19H17N3S2. The zero-order chi connectivity index (χ0) is 16.9. The summed E-state index contributed by atoms with van der Waals surface area (Å²) in [6.07, 6.45) is 1.74. The van der Waals surface area contributed by atoms with Crippen molar-refractivity contribution in [2.75, 3.05) is 0 Å². The second-order valence-electron chi connectivity index (χ2n) is 5.56. The summed E-state index contributed by atoms with van der Waals surface area (Å²) in [6.45, 7) is 4.01. The van der Waals surface area contributed by atoms with E-state index in [-0.39, 0.29) is 6.04 Å². The first-order valence-corrected chi connectivity index (χ1v) is 9.38. The fourth-order valence-electron chi connectivity index (χ4n) is 2.36. The van der Waals surface area contributed by atoms with Gasteiger partial charge in [-0.1, -0.05) is 35.9 Å². The molecule has 2 atom stereocenters. The molecule has 120 valence electrons. The van der Waals surface area contributed by atoms with Crippen LogP contribution in [0.15, 0.2) is 52.2 Å². The fraction of sp³-hybridized carbons (Fsp3) is 0.211. The number of nitrogens with zero attached hydrogens (tertiary/aromatic N) is 3. The number of aromatic nitrogens is 1. The van der Waals surface area contributed by atoms with Gasteiger partial charge in [-0.05, 0) is 30.9 Å². The van der Waals surface area contributed by atoms with Crippen LogP contribution in [0.5, 0.6) is 0 Å². The van der Waals surface area contributed by atoms with Gasteiger partial charge in [0.2, 0.25) is 0 Å². The van der Waals surface area contributed by atoms with Gasteiger partial charge in [0.15, 0.2) is 0 Å². The smallest absolute Gasteiger partial charge is 0.133 e. The molecule has 0 spiro atoms. The lowest BCUT2D eigenvalue weighted by atomic mass is 10.0. The van der Waals surface area contributed by atoms with Crippen molar-refractivity contribution in [3.8, 4) is 6.07 Å². The summed E-state index contributed by atoms with van der Waals surface area (Å²) in [5, 5.41) is 14.3. The van der Waals surface area contributed by atoms with E-state index in [0.29, 0.717) is 0 Å². The Morgan fingerprint density at radius 3 is 2.54 bits per heavy atom. The summed E-state index contributed by atoms with van der Waals surface area (Å²) < 4.78 is 0. The van der Waals surface area contributed by atoms with E-state index in [1.807, 2.05) is 18.4 Å². The first kappa shape index (κ1) is 16.6. The number of aryl methyl sites for hydroxylation is 2. The van der Waals surface area contributed by atoms with E-state index in [4.69, 9.17) is 4.99 Å². The highest BCUT2D eigenvalue weighted by Gasteiger charge is 2.16. The van der Waals surface area contributed by atoms with Crippen LogP contribution >= 0.6 is 22.7 Å². The minimum atomic E-state index is -0.406. The molecule has 0 saturated heterocycles. The van der Waals surface area contributed by atoms with Gasteiger partial charge < -0.3 is 0 Å². The zero-order valence-corrected chi connectivity index (χ0v) is 15.1. The van der Waals surface area contributed by atoms with Gasteiger partial charge in [0.1, 0.15) is 17.0 Å². The van der Waals surface area contributed by atoms with E-state index in [2.05, 4.69) is 53.7 Å². The van der Waals surface area contributed by atoms with Crippen molar-refractivity contribution < 1.29 is 0 Å². The number of thiazole rings is 1. The Balaban J connectivity index is 1.91. The summed E-state index contributed by atoms with van der Waals surface area (Å²) in [7, 11) is 0. The number of rotatable bonds is 5. The number of hydrogen-bond acceptors (Lipinski definition) is 5. The summed E-state index contributed by atoms with van der Waals surface area (Å²) in [4.78, 5) is 10.3. The van der Waals surface area contributed by atoms with Gasteiger partial charge in [0, 0.05) is 22.2 Å². The van der Waals surface area contributed by atoms with Crippen LogP contribution in [0.25, 0.3) is 0 Å². The Bertz CT molecular complexity index is 855. The first-order valence-electron chi connectivity index (χ1n) is 7.62. The molecule has 0 aliphatic carbocycles. The van der Waals surface area contributed by atoms with E-state index < -0.39 is 5.92 Å². The van der Waals surface area contributed by atoms with Gasteiger partial charge in [-0.2, -0.15) is 5.26 Å². The number of aliphatic imine (C=N–C) groups is 1. The molecule has 0 amide bonds. The summed E-state index contributed by atoms with van der Waals surface area (Å²) in [6, 6.07) is 14.7. The van der Waals surface area contributed by atoms with E-state index in [1.165, 1.54) is 21.8 Å². The molecule has 1 aromatic carbocycles. The average Bonchev–Trinajstić information content (AvgIpc) is 3.25. The van der Waals surface area contributed by atoms with Gasteiger partial charge in [0.05, 0.1) is 6.07 Å². The van der Waals surface area contributed by atoms with Gasteiger partial charge in [-0.25, -0.2) is 4.98 Å². The molecule has 0 bridgehead atoms. The van der Waals surface area contributed by atoms with E-state index in [0.717, 1.165) is 16.3 Å². The predicted molar refractivity (Wildman–Crippen MR) is 101 cm³/mol. The Kier molecular flexibility index (Phi) is 5.19. The Hall–Kier alpha value is -2.29. The number of thiophene rings is 1. The third-order valence-corrected chi connectivity index (χ3v) is 5.60. The fourth-order valence-corrected chi connectivity index (χ4v) is 3.96. The van der Waals surface area contributed by atoms with Crippen molar-refractivity contribution in [1.82, 2.24) is 4.98 Å². The van der Waals surface area contributed by atoms with Gasteiger partial charge in [-0.3, -0.25) is 4.99 Å². The Labute approximate surface area is 150 Å². The lowest BCUT2D eigenvalue weighted by Crippen LogP contribution is -2.01. The molecule has 3 nitrogen and oxygen atoms in total. The monoisotopic (exact) mass is 351 g/mol. The second kappa shape index (κ2) is 7.52. The molecule has 2 heterocycles. The molecule has 5 heteroatoms. The third-order valence-electron chi connectivity index (χ3n) is 3.63. The Morgan fingerprint density at radius 1 is 1.17 bits per heavy atom. The SMILES string of the molecule is Cc1ccc([C@@H](N=CC(C#N)c2nc(C)cs2)c2cccs2)cc1. The van der Waals surface area contributed by atoms with Crippen LogP contribution in [0.1, 0.15) is 38.7 Å². The van der Waals surface area contributed by atoms with Crippen LogP contribution in [0.2, 0.25) is 0 Å². The number of nitriles is 1. The summed E-state index contributed by atoms with van der Waals surface area (Å²) >= 11 is 3.19. The lowest BCUT2D eigenvalue weighted by Gasteiger charge is -2.12. The highest BCUT2D eigenvalue weighted by atomic mass is 32.1. The van der Waals surface area contributed by atoms with Gasteiger partial charge >= 0.3 is 0 Å². The summed E-state index contributed by atoms with van der Waals surface area (Å²) in [5.74, 6) is -0.406. The maximum Gasteiger partial charge on any atom is 0.133 e. The number of hydrogen-bond donors (Lipinski definition) is 0. The van der Waals surface area contributed by atoms with Crippen molar-refractivity contribution in [2.24, 2.45) is 4.99 Å². The molecule has 0 saturated carbocycles. The van der Waals surface area contributed by atoms with Crippen LogP contribution in [0, 0.1) is 25.2 Å². The van der Waals surface area contributed by atoms with Crippen molar-refractivity contribution in [3.05, 3.63) is 73.9 Å². The van der Waals surface area contributed by atoms with Crippen LogP contribution in [-0.2, 0) is 0 Å². The van der Waals surface area contributed by atoms with E-state index in [1.54, 1.807) is 17.6 Å². The molecule has 0 fully saturated rings. The number of benzene rings is 1. The lowest BCUT2D eigenvalue weighted by molar-refractivity contribution is 0.889. The molecule has 0 aliphatic rings. The standard InChI is InChI=1S/C19H17N3S2/c1-13-5-7-15(8-6-13)18(17-4-3-9-23-17)21-11-16(10-20)19-22-14(2)12-24-19/h3-9,11-12,16,18H,1-2H3/t16?,18-/m1/s1. The molecule has 0 aliphatic heterocycles. The van der Waals surface area contributed by atoms with Crippen LogP contribution in [0.3, 0.4) is 0 Å². The van der Waals surface area contributed by atoms with Crippen molar-refractivity contribution in [2.45, 2.75) is 25.8 Å². The molecule has 3 aromatic rings. The van der Waals surface area contributed by atoms with Crippen LogP contribution < -0.4 is 0 Å². The summed E-state index contributed by atoms with van der Waals surface area (Å²) in [5.41, 5.74) is 3.30. The molecule has 0 N–H and O–H groups in total. The molecule has 3 rings (SSSR count). The van der Waals surface area contributed by atoms with Crippen LogP contribution in [0.4, 0.5) is 0 Å². The largest absolute Gasteiger partial charge is 0.282 e. The molecular weight excluding hydrogens is 334 g/mol. The average molecular weight is 352 g/mol. The third kappa shape index (κ3) is 3.78. The van der Waals surface area contributed by atoms with E-state index in [9.17, 15) is 5.26 Å². The second-order valence-corrected chi connectivity index (χ2v) is 7.43. The molecule has 1 unspecified atom stereocenters. The maximum atomic E-state index is 9.47. The highest BCUT2D eigenvalue weighted by Crippen LogP contribution is 2.30. The minimum Gasteiger partial charge on any atom is -0.282 e. The molecule has 0 radical (unpaired) electrons. The predicted octanol–water partition coefficient (Wildman–Crippen LogP) is 5.29.